The number of hydrogen-bond donors (Lipinski definition) is 2. The van der Waals surface area contributed by atoms with Crippen LogP contribution in [0.3, 0.4) is 0 Å². The highest BCUT2D eigenvalue weighted by Gasteiger charge is 2.15. The van der Waals surface area contributed by atoms with E-state index in [2.05, 4.69) is 57.3 Å². The molecule has 0 saturated carbocycles. The Morgan fingerprint density at radius 2 is 2.07 bits per heavy atom. The van der Waals surface area contributed by atoms with Crippen LogP contribution in [0.5, 0.6) is 5.75 Å². The Bertz CT molecular complexity index is 1090. The van der Waals surface area contributed by atoms with Gasteiger partial charge in [-0.1, -0.05) is 45.2 Å². The number of amides is 1. The molecule has 8 nitrogen and oxygen atoms in total. The number of benzene rings is 2. The first-order valence-electron chi connectivity index (χ1n) is 7.82. The third-order valence-corrected chi connectivity index (χ3v) is 5.16. The van der Waals surface area contributed by atoms with Crippen molar-refractivity contribution in [1.29, 1.82) is 0 Å². The van der Waals surface area contributed by atoms with Crippen molar-refractivity contribution in [2.45, 2.75) is 6.61 Å². The molecule has 0 aliphatic heterocycles. The van der Waals surface area contributed by atoms with Crippen molar-refractivity contribution in [2.75, 3.05) is 5.73 Å². The number of ether oxygens (including phenoxy) is 1. The zero-order chi connectivity index (χ0) is 21.0. The van der Waals surface area contributed by atoms with Crippen LogP contribution in [0.4, 0.5) is 5.82 Å². The highest BCUT2D eigenvalue weighted by atomic mass is 79.9. The molecule has 0 saturated heterocycles. The molecular formula is C17H11Br2Cl2N5O3. The summed E-state index contributed by atoms with van der Waals surface area (Å²) in [6.07, 6.45) is 1.41. The van der Waals surface area contributed by atoms with Crippen molar-refractivity contribution < 1.29 is 14.2 Å². The first-order valence-corrected chi connectivity index (χ1v) is 10.2. The highest BCUT2D eigenvalue weighted by Crippen LogP contribution is 2.33. The number of rotatable bonds is 6. The molecule has 29 heavy (non-hydrogen) atoms. The first-order chi connectivity index (χ1) is 13.8. The van der Waals surface area contributed by atoms with E-state index < -0.39 is 5.91 Å². The summed E-state index contributed by atoms with van der Waals surface area (Å²) in [4.78, 5) is 12.0. The molecular weight excluding hydrogens is 553 g/mol. The second-order valence-electron chi connectivity index (χ2n) is 5.53. The SMILES string of the molecule is Nc1nonc1C(=O)N/N=C\c1cc(Br)cc(Br)c1OCc1ccc(Cl)cc1Cl. The molecule has 0 unspecified atom stereocenters. The first kappa shape index (κ1) is 21.6. The van der Waals surface area contributed by atoms with Crippen LogP contribution in [-0.4, -0.2) is 22.4 Å². The van der Waals surface area contributed by atoms with Gasteiger partial charge in [0.05, 0.1) is 10.7 Å². The number of aromatic nitrogens is 2. The van der Waals surface area contributed by atoms with Gasteiger partial charge in [-0.3, -0.25) is 4.79 Å². The Labute approximate surface area is 191 Å². The molecule has 3 rings (SSSR count). The molecule has 0 atom stereocenters. The summed E-state index contributed by atoms with van der Waals surface area (Å²) in [6, 6.07) is 8.73. The fourth-order valence-electron chi connectivity index (χ4n) is 2.18. The second kappa shape index (κ2) is 9.57. The number of nitrogen functional groups attached to an aromatic ring is 1. The molecule has 150 valence electrons. The Morgan fingerprint density at radius 3 is 2.76 bits per heavy atom. The van der Waals surface area contributed by atoms with Gasteiger partial charge in [0.1, 0.15) is 12.4 Å². The highest BCUT2D eigenvalue weighted by molar-refractivity contribution is 9.11. The number of hydrazone groups is 1. The maximum absolute atomic E-state index is 12.0. The lowest BCUT2D eigenvalue weighted by molar-refractivity contribution is 0.0946. The minimum atomic E-state index is -0.663. The van der Waals surface area contributed by atoms with Crippen molar-refractivity contribution >= 4 is 73.0 Å². The third-order valence-electron chi connectivity index (χ3n) is 3.52. The van der Waals surface area contributed by atoms with Gasteiger partial charge in [0, 0.05) is 25.6 Å². The second-order valence-corrected chi connectivity index (χ2v) is 8.14. The summed E-state index contributed by atoms with van der Waals surface area (Å²) in [5.41, 5.74) is 8.95. The van der Waals surface area contributed by atoms with Crippen LogP contribution in [-0.2, 0) is 6.61 Å². The van der Waals surface area contributed by atoms with E-state index in [4.69, 9.17) is 33.7 Å². The van der Waals surface area contributed by atoms with E-state index in [1.165, 1.54) is 6.21 Å². The molecule has 1 heterocycles. The van der Waals surface area contributed by atoms with Crippen LogP contribution in [0.25, 0.3) is 0 Å². The molecule has 12 heteroatoms. The molecule has 0 aliphatic rings. The zero-order valence-corrected chi connectivity index (χ0v) is 19.0. The van der Waals surface area contributed by atoms with E-state index in [-0.39, 0.29) is 18.1 Å². The molecule has 0 radical (unpaired) electrons. The standard InChI is InChI=1S/C17H11Br2Cl2N5O3/c18-10-3-9(6-23-24-17(27)14-16(22)26-29-25-14)15(12(19)4-10)28-7-8-1-2-11(20)5-13(8)21/h1-6H,7H2,(H2,22,26)(H,24,27)/b23-6-. The lowest BCUT2D eigenvalue weighted by Gasteiger charge is -2.13. The summed E-state index contributed by atoms with van der Waals surface area (Å²) in [6.45, 7) is 0.199. The third kappa shape index (κ3) is 5.47. The number of nitrogens with two attached hydrogens (primary N) is 1. The molecule has 2 aromatic carbocycles. The summed E-state index contributed by atoms with van der Waals surface area (Å²) in [5, 5.41) is 11.7. The van der Waals surface area contributed by atoms with E-state index in [0.29, 0.717) is 25.8 Å². The minimum Gasteiger partial charge on any atom is -0.487 e. The average molecular weight is 564 g/mol. The quantitative estimate of drug-likeness (QED) is 0.328. The number of halogens is 4. The smallest absolute Gasteiger partial charge is 0.297 e. The summed E-state index contributed by atoms with van der Waals surface area (Å²) >= 11 is 19.0. The van der Waals surface area contributed by atoms with Crippen LogP contribution in [0.1, 0.15) is 21.6 Å². The van der Waals surface area contributed by atoms with E-state index in [1.54, 1.807) is 24.3 Å². The van der Waals surface area contributed by atoms with E-state index >= 15 is 0 Å². The van der Waals surface area contributed by atoms with Gasteiger partial charge < -0.3 is 10.5 Å². The number of carbonyl (C=O) groups is 1. The lowest BCUT2D eigenvalue weighted by atomic mass is 10.2. The van der Waals surface area contributed by atoms with Gasteiger partial charge in [0.15, 0.2) is 0 Å². The zero-order valence-electron chi connectivity index (χ0n) is 14.3. The Kier molecular flexibility index (Phi) is 7.12. The maximum atomic E-state index is 12.0. The monoisotopic (exact) mass is 561 g/mol. The Balaban J connectivity index is 1.77. The van der Waals surface area contributed by atoms with Gasteiger partial charge in [-0.2, -0.15) is 5.10 Å². The number of carbonyl (C=O) groups excluding carboxylic acids is 1. The average Bonchev–Trinajstić information content (AvgIpc) is 3.08. The molecule has 0 aliphatic carbocycles. The maximum Gasteiger partial charge on any atom is 0.297 e. The molecule has 0 fully saturated rings. The van der Waals surface area contributed by atoms with Gasteiger partial charge in [-0.25, -0.2) is 10.1 Å². The van der Waals surface area contributed by atoms with E-state index in [1.807, 2.05) is 6.07 Å². The number of anilines is 1. The van der Waals surface area contributed by atoms with Crippen LogP contribution in [0.15, 0.2) is 49.0 Å². The van der Waals surface area contributed by atoms with Crippen LogP contribution in [0, 0.1) is 0 Å². The van der Waals surface area contributed by atoms with Gasteiger partial charge in [-0.15, -0.1) is 0 Å². The van der Waals surface area contributed by atoms with Gasteiger partial charge >= 0.3 is 0 Å². The Morgan fingerprint density at radius 1 is 1.28 bits per heavy atom. The van der Waals surface area contributed by atoms with Gasteiger partial charge in [0.25, 0.3) is 5.91 Å². The largest absolute Gasteiger partial charge is 0.487 e. The van der Waals surface area contributed by atoms with Crippen LogP contribution in [0.2, 0.25) is 10.0 Å². The van der Waals surface area contributed by atoms with Crippen LogP contribution < -0.4 is 15.9 Å². The van der Waals surface area contributed by atoms with Crippen molar-refractivity contribution in [3.05, 3.63) is 66.1 Å². The van der Waals surface area contributed by atoms with Gasteiger partial charge in [-0.05, 0) is 50.5 Å². The molecule has 1 amide bonds. The van der Waals surface area contributed by atoms with Crippen LogP contribution >= 0.6 is 55.1 Å². The number of hydrogen-bond acceptors (Lipinski definition) is 7. The van der Waals surface area contributed by atoms with Crippen molar-refractivity contribution in [2.24, 2.45) is 5.10 Å². The summed E-state index contributed by atoms with van der Waals surface area (Å²) in [7, 11) is 0. The molecule has 3 N–H and O–H groups in total. The van der Waals surface area contributed by atoms with Crippen molar-refractivity contribution in [1.82, 2.24) is 15.7 Å². The Hall–Kier alpha value is -2.14. The van der Waals surface area contributed by atoms with Gasteiger partial charge in [0.2, 0.25) is 11.5 Å². The van der Waals surface area contributed by atoms with E-state index in [0.717, 1.165) is 10.0 Å². The molecule has 3 aromatic rings. The van der Waals surface area contributed by atoms with Crippen molar-refractivity contribution in [3.63, 3.8) is 0 Å². The topological polar surface area (TPSA) is 116 Å². The van der Waals surface area contributed by atoms with E-state index in [9.17, 15) is 4.79 Å². The fourth-order valence-corrected chi connectivity index (χ4v) is 4.02. The summed E-state index contributed by atoms with van der Waals surface area (Å²) < 4.78 is 11.8. The fraction of sp³-hybridized carbons (Fsp3) is 0.0588. The summed E-state index contributed by atoms with van der Waals surface area (Å²) in [5.74, 6) is -0.295. The normalized spacial score (nSPS) is 11.0. The molecule has 0 spiro atoms. The predicted octanol–water partition coefficient (Wildman–Crippen LogP) is 4.83. The van der Waals surface area contributed by atoms with Crippen molar-refractivity contribution in [3.8, 4) is 5.75 Å². The predicted molar refractivity (Wildman–Crippen MR) is 116 cm³/mol. The number of nitrogens with zero attached hydrogens (tertiary/aromatic N) is 3. The molecule has 1 aromatic heterocycles. The number of nitrogens with one attached hydrogen (secondary N) is 1. The molecule has 0 bridgehead atoms. The minimum absolute atomic E-state index is 0.133. The lowest BCUT2D eigenvalue weighted by Crippen LogP contribution is -2.19.